The molecule has 3 unspecified atom stereocenters. The van der Waals surface area contributed by atoms with Gasteiger partial charge < -0.3 is 10.4 Å². The van der Waals surface area contributed by atoms with Crippen LogP contribution < -0.4 is 5.32 Å². The summed E-state index contributed by atoms with van der Waals surface area (Å²) in [6.45, 7) is 6.51. The van der Waals surface area contributed by atoms with E-state index in [1.165, 1.54) is 0 Å². The van der Waals surface area contributed by atoms with E-state index in [0.29, 0.717) is 12.0 Å². The number of hydrogen-bond acceptors (Lipinski definition) is 2. The standard InChI is InChI=1S/C11H21NO2/c1-7(2)6-8(3)12-10-5-4-9(10)11(13)14/h7-10,12H,4-6H2,1-3H3,(H,13,14). The molecule has 0 amide bonds. The largest absolute Gasteiger partial charge is 0.481 e. The van der Waals surface area contributed by atoms with Crippen molar-refractivity contribution in [1.29, 1.82) is 0 Å². The summed E-state index contributed by atoms with van der Waals surface area (Å²) in [4.78, 5) is 10.8. The Hall–Kier alpha value is -0.570. The Kier molecular flexibility index (Phi) is 3.93. The minimum atomic E-state index is -0.648. The zero-order chi connectivity index (χ0) is 10.7. The summed E-state index contributed by atoms with van der Waals surface area (Å²) in [7, 11) is 0. The molecule has 2 N–H and O–H groups in total. The fourth-order valence-corrected chi connectivity index (χ4v) is 2.14. The van der Waals surface area contributed by atoms with Crippen LogP contribution >= 0.6 is 0 Å². The summed E-state index contributed by atoms with van der Waals surface area (Å²) in [6.07, 6.45) is 2.96. The second kappa shape index (κ2) is 4.78. The molecular weight excluding hydrogens is 178 g/mol. The van der Waals surface area contributed by atoms with Gasteiger partial charge in [0.1, 0.15) is 0 Å². The number of nitrogens with one attached hydrogen (secondary N) is 1. The normalized spacial score (nSPS) is 28.6. The third kappa shape index (κ3) is 2.98. The molecular formula is C11H21NO2. The van der Waals surface area contributed by atoms with E-state index in [2.05, 4.69) is 26.1 Å². The summed E-state index contributed by atoms with van der Waals surface area (Å²) >= 11 is 0. The van der Waals surface area contributed by atoms with Crippen LogP contribution in [0.25, 0.3) is 0 Å². The first-order valence-corrected chi connectivity index (χ1v) is 5.49. The molecule has 0 radical (unpaired) electrons. The number of rotatable bonds is 5. The summed E-state index contributed by atoms with van der Waals surface area (Å²) in [5.74, 6) is -0.129. The number of hydrogen-bond donors (Lipinski definition) is 2. The monoisotopic (exact) mass is 199 g/mol. The predicted octanol–water partition coefficient (Wildman–Crippen LogP) is 1.87. The van der Waals surface area contributed by atoms with Crippen molar-refractivity contribution in [2.24, 2.45) is 11.8 Å². The van der Waals surface area contributed by atoms with Crippen LogP contribution in [-0.4, -0.2) is 23.2 Å². The van der Waals surface area contributed by atoms with Crippen molar-refractivity contribution in [2.75, 3.05) is 0 Å². The number of carboxylic acids is 1. The smallest absolute Gasteiger partial charge is 0.308 e. The van der Waals surface area contributed by atoms with E-state index in [4.69, 9.17) is 5.11 Å². The first-order valence-electron chi connectivity index (χ1n) is 5.49. The van der Waals surface area contributed by atoms with Gasteiger partial charge >= 0.3 is 5.97 Å². The molecule has 0 bridgehead atoms. The van der Waals surface area contributed by atoms with Crippen LogP contribution in [0.15, 0.2) is 0 Å². The maximum Gasteiger partial charge on any atom is 0.308 e. The Bertz CT molecular complexity index is 203. The van der Waals surface area contributed by atoms with Crippen LogP contribution in [0.4, 0.5) is 0 Å². The predicted molar refractivity (Wildman–Crippen MR) is 56.2 cm³/mol. The molecule has 0 spiro atoms. The van der Waals surface area contributed by atoms with Gasteiger partial charge in [0.05, 0.1) is 5.92 Å². The molecule has 3 heteroatoms. The summed E-state index contributed by atoms with van der Waals surface area (Å²) in [6, 6.07) is 0.642. The number of carboxylic acid groups (broad SMARTS) is 1. The lowest BCUT2D eigenvalue weighted by Gasteiger charge is -2.36. The van der Waals surface area contributed by atoms with Crippen LogP contribution in [-0.2, 0) is 4.79 Å². The highest BCUT2D eigenvalue weighted by molar-refractivity contribution is 5.72. The Morgan fingerprint density at radius 3 is 2.43 bits per heavy atom. The van der Waals surface area contributed by atoms with Crippen LogP contribution in [0.3, 0.4) is 0 Å². The fourth-order valence-electron chi connectivity index (χ4n) is 2.14. The van der Waals surface area contributed by atoms with Gasteiger partial charge in [0.15, 0.2) is 0 Å². The zero-order valence-corrected chi connectivity index (χ0v) is 9.29. The van der Waals surface area contributed by atoms with Gasteiger partial charge in [0.25, 0.3) is 0 Å². The second-order valence-corrected chi connectivity index (χ2v) is 4.83. The number of carbonyl (C=O) groups is 1. The topological polar surface area (TPSA) is 49.3 Å². The van der Waals surface area contributed by atoms with Gasteiger partial charge in [-0.3, -0.25) is 4.79 Å². The fraction of sp³-hybridized carbons (Fsp3) is 0.909. The van der Waals surface area contributed by atoms with E-state index in [1.54, 1.807) is 0 Å². The van der Waals surface area contributed by atoms with E-state index in [1.807, 2.05) is 0 Å². The third-order valence-electron chi connectivity index (χ3n) is 2.92. The van der Waals surface area contributed by atoms with Gasteiger partial charge in [-0.1, -0.05) is 13.8 Å². The first kappa shape index (κ1) is 11.5. The van der Waals surface area contributed by atoms with Crippen molar-refractivity contribution in [2.45, 2.75) is 52.1 Å². The molecule has 1 aliphatic carbocycles. The lowest BCUT2D eigenvalue weighted by Crippen LogP contribution is -2.50. The molecule has 1 aliphatic rings. The lowest BCUT2D eigenvalue weighted by atomic mass is 9.79. The molecule has 3 nitrogen and oxygen atoms in total. The zero-order valence-electron chi connectivity index (χ0n) is 9.29. The molecule has 0 heterocycles. The van der Waals surface area contributed by atoms with Crippen molar-refractivity contribution in [3.05, 3.63) is 0 Å². The molecule has 82 valence electrons. The van der Waals surface area contributed by atoms with Crippen LogP contribution in [0.1, 0.15) is 40.0 Å². The quantitative estimate of drug-likeness (QED) is 0.710. The highest BCUT2D eigenvalue weighted by Gasteiger charge is 2.36. The maximum atomic E-state index is 10.8. The highest BCUT2D eigenvalue weighted by Crippen LogP contribution is 2.28. The third-order valence-corrected chi connectivity index (χ3v) is 2.92. The second-order valence-electron chi connectivity index (χ2n) is 4.83. The van der Waals surface area contributed by atoms with Crippen LogP contribution in [0.2, 0.25) is 0 Å². The van der Waals surface area contributed by atoms with Crippen molar-refractivity contribution in [3.63, 3.8) is 0 Å². The molecule has 3 atom stereocenters. The Labute approximate surface area is 85.9 Å². The first-order chi connectivity index (χ1) is 6.50. The Morgan fingerprint density at radius 1 is 1.43 bits per heavy atom. The van der Waals surface area contributed by atoms with E-state index in [-0.39, 0.29) is 12.0 Å². The van der Waals surface area contributed by atoms with Gasteiger partial charge in [0.2, 0.25) is 0 Å². The van der Waals surface area contributed by atoms with Crippen molar-refractivity contribution in [3.8, 4) is 0 Å². The molecule has 0 aromatic heterocycles. The molecule has 0 aromatic rings. The molecule has 1 saturated carbocycles. The molecule has 0 aliphatic heterocycles. The summed E-state index contributed by atoms with van der Waals surface area (Å²) in [5, 5.41) is 12.3. The molecule has 1 rings (SSSR count). The van der Waals surface area contributed by atoms with Gasteiger partial charge in [-0.25, -0.2) is 0 Å². The Morgan fingerprint density at radius 2 is 2.07 bits per heavy atom. The average Bonchev–Trinajstić information content (AvgIpc) is 1.95. The van der Waals surface area contributed by atoms with Crippen LogP contribution in [0, 0.1) is 11.8 Å². The van der Waals surface area contributed by atoms with Gasteiger partial charge in [-0.15, -0.1) is 0 Å². The average molecular weight is 199 g/mol. The van der Waals surface area contributed by atoms with Crippen molar-refractivity contribution in [1.82, 2.24) is 5.32 Å². The maximum absolute atomic E-state index is 10.8. The Balaban J connectivity index is 2.27. The minimum absolute atomic E-state index is 0.149. The van der Waals surface area contributed by atoms with E-state index in [0.717, 1.165) is 19.3 Å². The van der Waals surface area contributed by atoms with Crippen LogP contribution in [0.5, 0.6) is 0 Å². The minimum Gasteiger partial charge on any atom is -0.481 e. The lowest BCUT2D eigenvalue weighted by molar-refractivity contribution is -0.146. The molecule has 0 aromatic carbocycles. The highest BCUT2D eigenvalue weighted by atomic mass is 16.4. The van der Waals surface area contributed by atoms with E-state index in [9.17, 15) is 4.79 Å². The summed E-state index contributed by atoms with van der Waals surface area (Å²) in [5.41, 5.74) is 0. The SMILES string of the molecule is CC(C)CC(C)NC1CCC1C(=O)O. The van der Waals surface area contributed by atoms with Crippen molar-refractivity contribution < 1.29 is 9.90 Å². The molecule has 0 saturated heterocycles. The van der Waals surface area contributed by atoms with E-state index >= 15 is 0 Å². The summed E-state index contributed by atoms with van der Waals surface area (Å²) < 4.78 is 0. The molecule has 1 fully saturated rings. The molecule has 14 heavy (non-hydrogen) atoms. The van der Waals surface area contributed by atoms with Gasteiger partial charge in [0, 0.05) is 12.1 Å². The van der Waals surface area contributed by atoms with E-state index < -0.39 is 5.97 Å². The number of aliphatic carboxylic acids is 1. The van der Waals surface area contributed by atoms with Crippen molar-refractivity contribution >= 4 is 5.97 Å². The van der Waals surface area contributed by atoms with Gasteiger partial charge in [-0.2, -0.15) is 0 Å². The van der Waals surface area contributed by atoms with Gasteiger partial charge in [-0.05, 0) is 32.1 Å².